The number of carbonyl (C=O) groups is 1. The van der Waals surface area contributed by atoms with E-state index in [0.29, 0.717) is 18.9 Å². The number of benzene rings is 2. The Balaban J connectivity index is 1.68. The summed E-state index contributed by atoms with van der Waals surface area (Å²) in [5.74, 6) is 0.635. The third kappa shape index (κ3) is 5.88. The first kappa shape index (κ1) is 17.7. The molecule has 0 radical (unpaired) electrons. The summed E-state index contributed by atoms with van der Waals surface area (Å²) in [5, 5.41) is 13.3. The molecule has 0 spiro atoms. The minimum atomic E-state index is -0.522. The quantitative estimate of drug-likeness (QED) is 0.422. The number of hydrogen-bond acceptors (Lipinski definition) is 5. The maximum atomic E-state index is 11.7. The van der Waals surface area contributed by atoms with Crippen LogP contribution >= 0.6 is 15.9 Å². The topological polar surface area (TPSA) is 90.7 Å². The second kappa shape index (κ2) is 8.88. The monoisotopic (exact) mass is 394 g/mol. The van der Waals surface area contributed by atoms with Crippen LogP contribution < -0.4 is 14.8 Å². The van der Waals surface area contributed by atoms with Crippen LogP contribution in [0.1, 0.15) is 0 Å². The lowest BCUT2D eigenvalue weighted by atomic mass is 10.3. The summed E-state index contributed by atoms with van der Waals surface area (Å²) in [6.07, 6.45) is 0. The lowest BCUT2D eigenvalue weighted by Gasteiger charge is -2.09. The van der Waals surface area contributed by atoms with Crippen molar-refractivity contribution >= 4 is 27.5 Å². The Labute approximate surface area is 146 Å². The van der Waals surface area contributed by atoms with Crippen LogP contribution in [-0.2, 0) is 4.79 Å². The third-order valence-corrected chi connectivity index (χ3v) is 3.38. The van der Waals surface area contributed by atoms with Crippen LogP contribution in [0.3, 0.4) is 0 Å². The van der Waals surface area contributed by atoms with Crippen molar-refractivity contribution in [3.8, 4) is 11.5 Å². The molecular weight excluding hydrogens is 380 g/mol. The molecule has 1 N–H and O–H groups in total. The number of nitrogens with zero attached hydrogens (tertiary/aromatic N) is 1. The smallest absolute Gasteiger partial charge is 0.273 e. The fourth-order valence-corrected chi connectivity index (χ4v) is 2.18. The van der Waals surface area contributed by atoms with Gasteiger partial charge < -0.3 is 14.8 Å². The number of ether oxygens (including phenoxy) is 2. The average Bonchev–Trinajstić information content (AvgIpc) is 2.57. The van der Waals surface area contributed by atoms with Crippen LogP contribution in [0, 0.1) is 10.1 Å². The number of halogens is 1. The molecule has 2 rings (SSSR count). The number of hydrogen-bond donors (Lipinski definition) is 1. The largest absolute Gasteiger partial charge is 0.492 e. The van der Waals surface area contributed by atoms with Gasteiger partial charge in [0.1, 0.15) is 18.1 Å². The molecule has 0 aromatic heterocycles. The summed E-state index contributed by atoms with van der Waals surface area (Å²) in [6.45, 7) is 0.417. The van der Waals surface area contributed by atoms with Crippen molar-refractivity contribution in [3.63, 3.8) is 0 Å². The lowest BCUT2D eigenvalue weighted by Crippen LogP contribution is -2.32. The highest BCUT2D eigenvalue weighted by atomic mass is 79.9. The van der Waals surface area contributed by atoms with Gasteiger partial charge in [-0.05, 0) is 24.3 Å². The number of nitrogens with one attached hydrogen (secondary N) is 1. The van der Waals surface area contributed by atoms with E-state index in [1.165, 1.54) is 18.2 Å². The molecule has 0 saturated carbocycles. The van der Waals surface area contributed by atoms with Crippen molar-refractivity contribution in [1.29, 1.82) is 0 Å². The van der Waals surface area contributed by atoms with Gasteiger partial charge in [-0.3, -0.25) is 14.9 Å². The van der Waals surface area contributed by atoms with Gasteiger partial charge in [-0.1, -0.05) is 28.1 Å². The molecule has 0 fully saturated rings. The summed E-state index contributed by atoms with van der Waals surface area (Å²) in [5.41, 5.74) is -0.0877. The molecule has 0 aliphatic carbocycles. The number of nitro benzene ring substituents is 1. The Kier molecular flexibility index (Phi) is 6.56. The molecule has 0 unspecified atom stereocenters. The standard InChI is InChI=1S/C16H15BrN2O5/c17-12-3-1-5-14(9-12)23-8-7-18-16(20)11-24-15-6-2-4-13(10-15)19(21)22/h1-6,9-10H,7-8,11H2,(H,18,20). The number of rotatable bonds is 8. The minimum absolute atomic E-state index is 0.0877. The molecule has 0 aliphatic rings. The molecule has 0 bridgehead atoms. The van der Waals surface area contributed by atoms with Gasteiger partial charge in [0.25, 0.3) is 11.6 Å². The molecule has 0 heterocycles. The summed E-state index contributed by atoms with van der Waals surface area (Å²) in [4.78, 5) is 21.8. The second-order valence-electron chi connectivity index (χ2n) is 4.70. The molecular formula is C16H15BrN2O5. The lowest BCUT2D eigenvalue weighted by molar-refractivity contribution is -0.384. The van der Waals surface area contributed by atoms with Crippen molar-refractivity contribution < 1.29 is 19.2 Å². The molecule has 1 amide bonds. The molecule has 2 aromatic carbocycles. The fraction of sp³-hybridized carbons (Fsp3) is 0.188. The molecule has 0 atom stereocenters. The maximum absolute atomic E-state index is 11.7. The van der Waals surface area contributed by atoms with Crippen molar-refractivity contribution in [1.82, 2.24) is 5.32 Å². The average molecular weight is 395 g/mol. The zero-order valence-electron chi connectivity index (χ0n) is 12.6. The Morgan fingerprint density at radius 3 is 2.54 bits per heavy atom. The van der Waals surface area contributed by atoms with E-state index in [2.05, 4.69) is 21.2 Å². The van der Waals surface area contributed by atoms with Crippen molar-refractivity contribution in [3.05, 3.63) is 63.1 Å². The zero-order valence-corrected chi connectivity index (χ0v) is 14.2. The van der Waals surface area contributed by atoms with Crippen molar-refractivity contribution in [2.75, 3.05) is 19.8 Å². The van der Waals surface area contributed by atoms with E-state index in [9.17, 15) is 14.9 Å². The van der Waals surface area contributed by atoms with E-state index >= 15 is 0 Å². The van der Waals surface area contributed by atoms with Gasteiger partial charge in [0.2, 0.25) is 0 Å². The predicted molar refractivity (Wildman–Crippen MR) is 91.2 cm³/mol. The SMILES string of the molecule is O=C(COc1cccc([N+](=O)[O-])c1)NCCOc1cccc(Br)c1. The van der Waals surface area contributed by atoms with E-state index in [1.54, 1.807) is 6.07 Å². The van der Waals surface area contributed by atoms with E-state index in [-0.39, 0.29) is 24.0 Å². The van der Waals surface area contributed by atoms with E-state index in [1.807, 2.05) is 24.3 Å². The van der Waals surface area contributed by atoms with Crippen molar-refractivity contribution in [2.45, 2.75) is 0 Å². The summed E-state index contributed by atoms with van der Waals surface area (Å²) in [7, 11) is 0. The van der Waals surface area contributed by atoms with Crippen molar-refractivity contribution in [2.24, 2.45) is 0 Å². The molecule has 0 aliphatic heterocycles. The van der Waals surface area contributed by atoms with Crippen LogP contribution in [0.5, 0.6) is 11.5 Å². The Morgan fingerprint density at radius 2 is 1.83 bits per heavy atom. The number of non-ortho nitro benzene ring substituents is 1. The van der Waals surface area contributed by atoms with Gasteiger partial charge >= 0.3 is 0 Å². The van der Waals surface area contributed by atoms with Gasteiger partial charge in [0, 0.05) is 10.5 Å². The van der Waals surface area contributed by atoms with E-state index < -0.39 is 4.92 Å². The highest BCUT2D eigenvalue weighted by Crippen LogP contribution is 2.19. The highest BCUT2D eigenvalue weighted by molar-refractivity contribution is 9.10. The first-order valence-corrected chi connectivity index (χ1v) is 7.86. The second-order valence-corrected chi connectivity index (χ2v) is 5.61. The maximum Gasteiger partial charge on any atom is 0.273 e. The third-order valence-electron chi connectivity index (χ3n) is 2.89. The first-order valence-electron chi connectivity index (χ1n) is 7.07. The van der Waals surface area contributed by atoms with Gasteiger partial charge in [0.05, 0.1) is 17.5 Å². The summed E-state index contributed by atoms with van der Waals surface area (Å²) < 4.78 is 11.6. The Hall–Kier alpha value is -2.61. The normalized spacial score (nSPS) is 10.0. The number of nitro groups is 1. The fourth-order valence-electron chi connectivity index (χ4n) is 1.80. The van der Waals surface area contributed by atoms with Gasteiger partial charge in [-0.15, -0.1) is 0 Å². The molecule has 8 heteroatoms. The molecule has 24 heavy (non-hydrogen) atoms. The van der Waals surface area contributed by atoms with E-state index in [0.717, 1.165) is 4.47 Å². The van der Waals surface area contributed by atoms with Gasteiger partial charge in [-0.2, -0.15) is 0 Å². The Morgan fingerprint density at radius 1 is 1.12 bits per heavy atom. The number of amides is 1. The van der Waals surface area contributed by atoms with Gasteiger partial charge in [0.15, 0.2) is 6.61 Å². The molecule has 7 nitrogen and oxygen atoms in total. The molecule has 0 saturated heterocycles. The van der Waals surface area contributed by atoms with Gasteiger partial charge in [-0.25, -0.2) is 0 Å². The number of carbonyl (C=O) groups excluding carboxylic acids is 1. The first-order chi connectivity index (χ1) is 11.5. The molecule has 126 valence electrons. The van der Waals surface area contributed by atoms with E-state index in [4.69, 9.17) is 9.47 Å². The van der Waals surface area contributed by atoms with Crippen LogP contribution in [0.4, 0.5) is 5.69 Å². The highest BCUT2D eigenvalue weighted by Gasteiger charge is 2.08. The van der Waals surface area contributed by atoms with Crippen LogP contribution in [0.2, 0.25) is 0 Å². The summed E-state index contributed by atoms with van der Waals surface area (Å²) >= 11 is 3.34. The van der Waals surface area contributed by atoms with Crippen LogP contribution in [-0.4, -0.2) is 30.6 Å². The summed E-state index contributed by atoms with van der Waals surface area (Å²) in [6, 6.07) is 13.1. The Bertz CT molecular complexity index is 723. The minimum Gasteiger partial charge on any atom is -0.492 e. The van der Waals surface area contributed by atoms with Crippen LogP contribution in [0.15, 0.2) is 53.0 Å². The predicted octanol–water partition coefficient (Wildman–Crippen LogP) is 2.93. The zero-order chi connectivity index (χ0) is 17.4. The van der Waals surface area contributed by atoms with Crippen LogP contribution in [0.25, 0.3) is 0 Å². The molecule has 2 aromatic rings.